The molecule has 1 aliphatic rings. The molecular formula is C26H38N4O2. The van der Waals surface area contributed by atoms with E-state index in [1.54, 1.807) is 7.11 Å². The Hall–Kier alpha value is -2.47. The first-order chi connectivity index (χ1) is 15.3. The van der Waals surface area contributed by atoms with Crippen molar-refractivity contribution >= 4 is 11.7 Å². The van der Waals surface area contributed by atoms with E-state index in [0.29, 0.717) is 18.9 Å². The molecule has 0 bridgehead atoms. The number of hydrogen-bond acceptors (Lipinski definition) is 5. The number of carbonyl (C=O) groups is 1. The maximum absolute atomic E-state index is 12.5. The summed E-state index contributed by atoms with van der Waals surface area (Å²) in [6.45, 7) is 14.0. The monoisotopic (exact) mass is 438 g/mol. The zero-order valence-electron chi connectivity index (χ0n) is 20.5. The average molecular weight is 439 g/mol. The van der Waals surface area contributed by atoms with Crippen LogP contribution in [0.15, 0.2) is 24.3 Å². The highest BCUT2D eigenvalue weighted by Gasteiger charge is 2.26. The zero-order valence-corrected chi connectivity index (χ0v) is 20.5. The standard InChI is InChI=1S/C26H38N4O2/c1-18(2)14-24(31)29-10-12-30(13-11-29)26-22(16-21-9-7-8-20(5)15-21)23(17-32-6)27-25(28-26)19(3)4/h7-9,15,18-19H,10-14,16-17H2,1-6H3. The van der Waals surface area contributed by atoms with Crippen molar-refractivity contribution in [3.8, 4) is 0 Å². The summed E-state index contributed by atoms with van der Waals surface area (Å²) in [7, 11) is 1.71. The van der Waals surface area contributed by atoms with Gasteiger partial charge in [0.2, 0.25) is 5.91 Å². The second-order valence-electron chi connectivity index (χ2n) is 9.55. The lowest BCUT2D eigenvalue weighted by molar-refractivity contribution is -0.132. The summed E-state index contributed by atoms with van der Waals surface area (Å²) < 4.78 is 5.53. The van der Waals surface area contributed by atoms with Crippen LogP contribution in [0, 0.1) is 12.8 Å². The molecule has 1 fully saturated rings. The van der Waals surface area contributed by atoms with Crippen molar-refractivity contribution in [2.45, 2.75) is 60.0 Å². The number of hydrogen-bond donors (Lipinski definition) is 0. The highest BCUT2D eigenvalue weighted by Crippen LogP contribution is 2.28. The van der Waals surface area contributed by atoms with Gasteiger partial charge in [-0.05, 0) is 18.4 Å². The Bertz CT molecular complexity index is 918. The number of piperazine rings is 1. The van der Waals surface area contributed by atoms with E-state index in [1.165, 1.54) is 11.1 Å². The highest BCUT2D eigenvalue weighted by atomic mass is 16.5. The van der Waals surface area contributed by atoms with Crippen LogP contribution in [0.5, 0.6) is 0 Å². The fourth-order valence-corrected chi connectivity index (χ4v) is 4.16. The molecule has 0 saturated carbocycles. The Balaban J connectivity index is 1.93. The highest BCUT2D eigenvalue weighted by molar-refractivity contribution is 5.76. The van der Waals surface area contributed by atoms with Gasteiger partial charge in [0.1, 0.15) is 11.6 Å². The summed E-state index contributed by atoms with van der Waals surface area (Å²) in [4.78, 5) is 26.8. The van der Waals surface area contributed by atoms with Gasteiger partial charge in [0, 0.05) is 57.6 Å². The third kappa shape index (κ3) is 6.06. The lowest BCUT2D eigenvalue weighted by atomic mass is 10.0. The largest absolute Gasteiger partial charge is 0.378 e. The Labute approximate surface area is 193 Å². The fourth-order valence-electron chi connectivity index (χ4n) is 4.16. The van der Waals surface area contributed by atoms with Gasteiger partial charge in [0.05, 0.1) is 12.3 Å². The van der Waals surface area contributed by atoms with Crippen LogP contribution in [0.25, 0.3) is 0 Å². The number of methoxy groups -OCH3 is 1. The van der Waals surface area contributed by atoms with Gasteiger partial charge in [0.15, 0.2) is 0 Å². The van der Waals surface area contributed by atoms with E-state index in [-0.39, 0.29) is 11.8 Å². The van der Waals surface area contributed by atoms with Crippen LogP contribution in [0.1, 0.15) is 68.2 Å². The van der Waals surface area contributed by atoms with Crippen molar-refractivity contribution in [2.75, 3.05) is 38.2 Å². The van der Waals surface area contributed by atoms with Crippen molar-refractivity contribution in [1.82, 2.24) is 14.9 Å². The summed E-state index contributed by atoms with van der Waals surface area (Å²) in [5, 5.41) is 0. The molecule has 2 heterocycles. The van der Waals surface area contributed by atoms with E-state index < -0.39 is 0 Å². The summed E-state index contributed by atoms with van der Waals surface area (Å²) >= 11 is 0. The maximum Gasteiger partial charge on any atom is 0.222 e. The molecule has 0 spiro atoms. The summed E-state index contributed by atoms with van der Waals surface area (Å²) in [5.74, 6) is 2.71. The minimum absolute atomic E-state index is 0.228. The zero-order chi connectivity index (χ0) is 23.3. The Morgan fingerprint density at radius 3 is 2.41 bits per heavy atom. The SMILES string of the molecule is COCc1nc(C(C)C)nc(N2CCN(C(=O)CC(C)C)CC2)c1Cc1cccc(C)c1. The first-order valence-electron chi connectivity index (χ1n) is 11.7. The van der Waals surface area contributed by atoms with Gasteiger partial charge in [-0.15, -0.1) is 0 Å². The van der Waals surface area contributed by atoms with E-state index >= 15 is 0 Å². The average Bonchev–Trinajstić information content (AvgIpc) is 2.74. The molecule has 1 aromatic carbocycles. The van der Waals surface area contributed by atoms with Crippen molar-refractivity contribution in [3.63, 3.8) is 0 Å². The number of nitrogens with zero attached hydrogens (tertiary/aromatic N) is 4. The van der Waals surface area contributed by atoms with Gasteiger partial charge in [-0.3, -0.25) is 4.79 Å². The molecule has 1 saturated heterocycles. The molecule has 1 aliphatic heterocycles. The van der Waals surface area contributed by atoms with Gasteiger partial charge in [0.25, 0.3) is 0 Å². The van der Waals surface area contributed by atoms with Crippen LogP contribution in [-0.4, -0.2) is 54.1 Å². The molecule has 0 aliphatic carbocycles. The first kappa shape index (κ1) is 24.2. The fraction of sp³-hybridized carbons (Fsp3) is 0.577. The van der Waals surface area contributed by atoms with Gasteiger partial charge < -0.3 is 14.5 Å². The Morgan fingerprint density at radius 2 is 1.81 bits per heavy atom. The Morgan fingerprint density at radius 1 is 1.09 bits per heavy atom. The predicted octanol–water partition coefficient (Wildman–Crippen LogP) is 4.34. The topological polar surface area (TPSA) is 58.6 Å². The van der Waals surface area contributed by atoms with E-state index in [2.05, 4.69) is 63.8 Å². The number of rotatable bonds is 8. The van der Waals surface area contributed by atoms with Crippen LogP contribution in [0.2, 0.25) is 0 Å². The lowest BCUT2D eigenvalue weighted by Crippen LogP contribution is -2.49. The quantitative estimate of drug-likeness (QED) is 0.614. The van der Waals surface area contributed by atoms with Crippen molar-refractivity contribution in [3.05, 3.63) is 52.5 Å². The molecule has 1 aromatic heterocycles. The molecule has 3 rings (SSSR count). The maximum atomic E-state index is 12.5. The summed E-state index contributed by atoms with van der Waals surface area (Å²) in [5.41, 5.74) is 4.58. The van der Waals surface area contributed by atoms with E-state index in [4.69, 9.17) is 14.7 Å². The Kier molecular flexibility index (Phi) is 8.24. The second kappa shape index (κ2) is 10.9. The number of aryl methyl sites for hydroxylation is 1. The third-order valence-electron chi connectivity index (χ3n) is 5.86. The second-order valence-corrected chi connectivity index (χ2v) is 9.55. The molecular weight excluding hydrogens is 400 g/mol. The minimum Gasteiger partial charge on any atom is -0.378 e. The normalized spacial score (nSPS) is 14.5. The third-order valence-corrected chi connectivity index (χ3v) is 5.86. The molecule has 2 aromatic rings. The molecule has 174 valence electrons. The first-order valence-corrected chi connectivity index (χ1v) is 11.7. The molecule has 6 nitrogen and oxygen atoms in total. The smallest absolute Gasteiger partial charge is 0.222 e. The number of amides is 1. The molecule has 1 amide bonds. The number of ether oxygens (including phenoxy) is 1. The molecule has 32 heavy (non-hydrogen) atoms. The van der Waals surface area contributed by atoms with Gasteiger partial charge >= 0.3 is 0 Å². The number of carbonyl (C=O) groups excluding carboxylic acids is 1. The number of anilines is 1. The molecule has 0 radical (unpaired) electrons. The van der Waals surface area contributed by atoms with Crippen LogP contribution in [-0.2, 0) is 22.6 Å². The van der Waals surface area contributed by atoms with Gasteiger partial charge in [-0.25, -0.2) is 9.97 Å². The number of benzene rings is 1. The van der Waals surface area contributed by atoms with Gasteiger partial charge in [-0.1, -0.05) is 57.5 Å². The van der Waals surface area contributed by atoms with Crippen LogP contribution >= 0.6 is 0 Å². The minimum atomic E-state index is 0.228. The van der Waals surface area contributed by atoms with Crippen molar-refractivity contribution in [2.24, 2.45) is 5.92 Å². The van der Waals surface area contributed by atoms with Crippen LogP contribution in [0.3, 0.4) is 0 Å². The molecule has 6 heteroatoms. The number of aromatic nitrogens is 2. The summed E-state index contributed by atoms with van der Waals surface area (Å²) in [6.07, 6.45) is 1.38. The van der Waals surface area contributed by atoms with E-state index in [9.17, 15) is 4.79 Å². The lowest BCUT2D eigenvalue weighted by Gasteiger charge is -2.37. The van der Waals surface area contributed by atoms with Crippen molar-refractivity contribution < 1.29 is 9.53 Å². The van der Waals surface area contributed by atoms with Crippen LogP contribution < -0.4 is 4.90 Å². The van der Waals surface area contributed by atoms with E-state index in [1.807, 2.05) is 4.90 Å². The van der Waals surface area contributed by atoms with E-state index in [0.717, 1.165) is 55.5 Å². The molecule has 0 unspecified atom stereocenters. The predicted molar refractivity (Wildman–Crippen MR) is 129 cm³/mol. The van der Waals surface area contributed by atoms with Gasteiger partial charge in [-0.2, -0.15) is 0 Å². The summed E-state index contributed by atoms with van der Waals surface area (Å²) in [6, 6.07) is 8.60. The molecule has 0 N–H and O–H groups in total. The molecule has 0 atom stereocenters. The van der Waals surface area contributed by atoms with Crippen LogP contribution in [0.4, 0.5) is 5.82 Å². The van der Waals surface area contributed by atoms with Crippen molar-refractivity contribution in [1.29, 1.82) is 0 Å².